The van der Waals surface area contributed by atoms with Crippen molar-refractivity contribution in [1.82, 2.24) is 9.80 Å². The number of rotatable bonds is 3. The zero-order valence-corrected chi connectivity index (χ0v) is 8.61. The van der Waals surface area contributed by atoms with E-state index in [1.54, 1.807) is 0 Å². The van der Waals surface area contributed by atoms with E-state index >= 15 is 0 Å². The summed E-state index contributed by atoms with van der Waals surface area (Å²) in [4.78, 5) is 4.56. The number of hydrogen-bond acceptors (Lipinski definition) is 4. The molecule has 0 aromatic carbocycles. The minimum Gasteiger partial charge on any atom is -0.395 e. The molecule has 0 bridgehead atoms. The number of nitrogens with two attached hydrogens (primary N) is 1. The lowest BCUT2D eigenvalue weighted by Gasteiger charge is -2.41. The van der Waals surface area contributed by atoms with Crippen molar-refractivity contribution in [1.29, 1.82) is 0 Å². The second-order valence-electron chi connectivity index (χ2n) is 3.90. The van der Waals surface area contributed by atoms with Crippen LogP contribution < -0.4 is 5.73 Å². The van der Waals surface area contributed by atoms with E-state index in [-0.39, 0.29) is 12.6 Å². The molecule has 1 fully saturated rings. The van der Waals surface area contributed by atoms with E-state index in [1.807, 2.05) is 0 Å². The Morgan fingerprint density at radius 1 is 1.54 bits per heavy atom. The molecular weight excluding hydrogens is 166 g/mol. The summed E-state index contributed by atoms with van der Waals surface area (Å²) < 4.78 is 0. The van der Waals surface area contributed by atoms with E-state index in [1.165, 1.54) is 0 Å². The smallest absolute Gasteiger partial charge is 0.0599 e. The summed E-state index contributed by atoms with van der Waals surface area (Å²) in [7, 11) is 2.06. The Bertz CT molecular complexity index is 154. The summed E-state index contributed by atoms with van der Waals surface area (Å²) in [6.45, 7) is 6.10. The highest BCUT2D eigenvalue weighted by molar-refractivity contribution is 4.82. The molecule has 4 nitrogen and oxygen atoms in total. The SMILES string of the molecule is CC(CN)N1CCN(C)C(CO)C1. The van der Waals surface area contributed by atoms with Crippen LogP contribution in [0.1, 0.15) is 6.92 Å². The van der Waals surface area contributed by atoms with Gasteiger partial charge in [-0.15, -0.1) is 0 Å². The average Bonchev–Trinajstić information content (AvgIpc) is 2.17. The van der Waals surface area contributed by atoms with Crippen molar-refractivity contribution < 1.29 is 5.11 Å². The molecule has 0 spiro atoms. The van der Waals surface area contributed by atoms with E-state index in [4.69, 9.17) is 10.8 Å². The first kappa shape index (κ1) is 10.9. The molecule has 78 valence electrons. The summed E-state index contributed by atoms with van der Waals surface area (Å²) in [5, 5.41) is 9.13. The molecule has 0 aromatic rings. The van der Waals surface area contributed by atoms with Crippen molar-refractivity contribution in [2.75, 3.05) is 39.8 Å². The van der Waals surface area contributed by atoms with Crippen LogP contribution in [-0.4, -0.2) is 66.8 Å². The first-order chi connectivity index (χ1) is 6.19. The first-order valence-electron chi connectivity index (χ1n) is 4.94. The van der Waals surface area contributed by atoms with Crippen LogP contribution in [0.2, 0.25) is 0 Å². The fourth-order valence-electron chi connectivity index (χ4n) is 1.72. The van der Waals surface area contributed by atoms with Crippen molar-refractivity contribution >= 4 is 0 Å². The van der Waals surface area contributed by atoms with E-state index < -0.39 is 0 Å². The van der Waals surface area contributed by atoms with Crippen LogP contribution >= 0.6 is 0 Å². The Balaban J connectivity index is 2.44. The largest absolute Gasteiger partial charge is 0.395 e. The molecule has 0 aromatic heterocycles. The topological polar surface area (TPSA) is 52.7 Å². The van der Waals surface area contributed by atoms with E-state index in [2.05, 4.69) is 23.8 Å². The number of aliphatic hydroxyl groups is 1. The molecule has 2 unspecified atom stereocenters. The van der Waals surface area contributed by atoms with Gasteiger partial charge in [-0.05, 0) is 14.0 Å². The van der Waals surface area contributed by atoms with Crippen LogP contribution in [0.5, 0.6) is 0 Å². The molecule has 2 atom stereocenters. The molecular formula is C9H21N3O. The molecule has 1 saturated heterocycles. The van der Waals surface area contributed by atoms with Gasteiger partial charge in [0, 0.05) is 38.3 Å². The predicted octanol–water partition coefficient (Wildman–Crippen LogP) is -1.06. The molecule has 1 aliphatic rings. The summed E-state index contributed by atoms with van der Waals surface area (Å²) in [5.41, 5.74) is 5.61. The van der Waals surface area contributed by atoms with Gasteiger partial charge in [-0.1, -0.05) is 0 Å². The third-order valence-corrected chi connectivity index (χ3v) is 2.98. The standard InChI is InChI=1S/C9H21N3O/c1-8(5-10)12-4-3-11(2)9(6-12)7-13/h8-9,13H,3-7,10H2,1-2H3. The van der Waals surface area contributed by atoms with E-state index in [0.29, 0.717) is 12.6 Å². The van der Waals surface area contributed by atoms with Crippen LogP contribution in [0.25, 0.3) is 0 Å². The summed E-state index contributed by atoms with van der Waals surface area (Å²) >= 11 is 0. The average molecular weight is 187 g/mol. The monoisotopic (exact) mass is 187 g/mol. The summed E-state index contributed by atoms with van der Waals surface area (Å²) in [6.07, 6.45) is 0. The minimum atomic E-state index is 0.240. The molecule has 13 heavy (non-hydrogen) atoms. The van der Waals surface area contributed by atoms with Crippen LogP contribution in [0, 0.1) is 0 Å². The van der Waals surface area contributed by atoms with E-state index in [9.17, 15) is 0 Å². The Morgan fingerprint density at radius 2 is 2.23 bits per heavy atom. The first-order valence-corrected chi connectivity index (χ1v) is 4.94. The highest BCUT2D eigenvalue weighted by atomic mass is 16.3. The van der Waals surface area contributed by atoms with Gasteiger partial charge in [0.2, 0.25) is 0 Å². The van der Waals surface area contributed by atoms with Crippen LogP contribution in [-0.2, 0) is 0 Å². The zero-order chi connectivity index (χ0) is 9.84. The predicted molar refractivity (Wildman–Crippen MR) is 53.6 cm³/mol. The Kier molecular flexibility index (Phi) is 4.12. The lowest BCUT2D eigenvalue weighted by Crippen LogP contribution is -2.56. The van der Waals surface area contributed by atoms with Gasteiger partial charge in [0.25, 0.3) is 0 Å². The van der Waals surface area contributed by atoms with Crippen LogP contribution in [0.3, 0.4) is 0 Å². The molecule has 1 heterocycles. The Hall–Kier alpha value is -0.160. The third-order valence-electron chi connectivity index (χ3n) is 2.98. The lowest BCUT2D eigenvalue weighted by molar-refractivity contribution is 0.0410. The lowest BCUT2D eigenvalue weighted by atomic mass is 10.1. The number of likely N-dealkylation sites (N-methyl/N-ethyl adjacent to an activating group) is 1. The molecule has 4 heteroatoms. The van der Waals surface area contributed by atoms with Gasteiger partial charge >= 0.3 is 0 Å². The van der Waals surface area contributed by atoms with Gasteiger partial charge in [0.05, 0.1) is 6.61 Å². The molecule has 1 aliphatic heterocycles. The zero-order valence-electron chi connectivity index (χ0n) is 8.61. The van der Waals surface area contributed by atoms with Crippen molar-refractivity contribution in [3.8, 4) is 0 Å². The van der Waals surface area contributed by atoms with Crippen molar-refractivity contribution in [3.05, 3.63) is 0 Å². The maximum Gasteiger partial charge on any atom is 0.0599 e. The van der Waals surface area contributed by atoms with Crippen molar-refractivity contribution in [3.63, 3.8) is 0 Å². The number of hydrogen-bond donors (Lipinski definition) is 2. The number of nitrogens with zero attached hydrogens (tertiary/aromatic N) is 2. The molecule has 0 amide bonds. The fourth-order valence-corrected chi connectivity index (χ4v) is 1.72. The van der Waals surface area contributed by atoms with Gasteiger partial charge in [-0.3, -0.25) is 9.80 Å². The van der Waals surface area contributed by atoms with Crippen LogP contribution in [0.4, 0.5) is 0 Å². The molecule has 0 saturated carbocycles. The number of aliphatic hydroxyl groups excluding tert-OH is 1. The molecule has 0 radical (unpaired) electrons. The molecule has 3 N–H and O–H groups in total. The minimum absolute atomic E-state index is 0.240. The summed E-state index contributed by atoms with van der Waals surface area (Å²) in [6, 6.07) is 0.713. The van der Waals surface area contributed by atoms with Gasteiger partial charge in [-0.25, -0.2) is 0 Å². The quantitative estimate of drug-likeness (QED) is 0.591. The maximum atomic E-state index is 9.13. The maximum absolute atomic E-state index is 9.13. The van der Waals surface area contributed by atoms with Crippen molar-refractivity contribution in [2.45, 2.75) is 19.0 Å². The number of piperazine rings is 1. The third kappa shape index (κ3) is 2.64. The second kappa shape index (κ2) is 4.91. The van der Waals surface area contributed by atoms with E-state index in [0.717, 1.165) is 19.6 Å². The molecule has 0 aliphatic carbocycles. The molecule has 1 rings (SSSR count). The van der Waals surface area contributed by atoms with Gasteiger partial charge in [0.15, 0.2) is 0 Å². The Morgan fingerprint density at radius 3 is 2.77 bits per heavy atom. The van der Waals surface area contributed by atoms with Crippen LogP contribution in [0.15, 0.2) is 0 Å². The van der Waals surface area contributed by atoms with Gasteiger partial charge in [0.1, 0.15) is 0 Å². The van der Waals surface area contributed by atoms with Crippen molar-refractivity contribution in [2.24, 2.45) is 5.73 Å². The Labute approximate surface area is 80.3 Å². The fraction of sp³-hybridized carbons (Fsp3) is 1.00. The summed E-state index contributed by atoms with van der Waals surface area (Å²) in [5.74, 6) is 0. The normalized spacial score (nSPS) is 29.1. The highest BCUT2D eigenvalue weighted by Crippen LogP contribution is 2.09. The van der Waals surface area contributed by atoms with Gasteiger partial charge in [-0.2, -0.15) is 0 Å². The second-order valence-corrected chi connectivity index (χ2v) is 3.90. The van der Waals surface area contributed by atoms with Gasteiger partial charge < -0.3 is 10.8 Å². The highest BCUT2D eigenvalue weighted by Gasteiger charge is 2.25.